The van der Waals surface area contributed by atoms with Crippen molar-refractivity contribution in [2.75, 3.05) is 26.8 Å². The first-order valence-corrected chi connectivity index (χ1v) is 6.21. The number of methoxy groups -OCH3 is 1. The van der Waals surface area contributed by atoms with Gasteiger partial charge in [-0.05, 0) is 13.0 Å². The van der Waals surface area contributed by atoms with Crippen molar-refractivity contribution in [3.8, 4) is 0 Å². The second kappa shape index (κ2) is 6.27. The maximum atomic E-state index is 12.3. The fourth-order valence-corrected chi connectivity index (χ4v) is 1.76. The van der Waals surface area contributed by atoms with Crippen LogP contribution in [0.4, 0.5) is 0 Å². The number of aryl methyl sites for hydroxylation is 1. The summed E-state index contributed by atoms with van der Waals surface area (Å²) < 4.78 is 6.31. The third-order valence-corrected chi connectivity index (χ3v) is 2.80. The third kappa shape index (κ3) is 3.31. The summed E-state index contributed by atoms with van der Waals surface area (Å²) in [5.41, 5.74) is 0.772. The SMILES string of the molecule is COCCN(CC(=O)O)C(=O)c1nc2nccc(C)n2n1. The van der Waals surface area contributed by atoms with E-state index < -0.39 is 18.4 Å². The molecule has 9 heteroatoms. The fraction of sp³-hybridized carbons (Fsp3) is 0.417. The molecule has 1 N–H and O–H groups in total. The molecule has 0 atom stereocenters. The summed E-state index contributed by atoms with van der Waals surface area (Å²) in [4.78, 5) is 32.3. The highest BCUT2D eigenvalue weighted by Crippen LogP contribution is 2.05. The van der Waals surface area contributed by atoms with Crippen molar-refractivity contribution < 1.29 is 19.4 Å². The van der Waals surface area contributed by atoms with E-state index in [1.54, 1.807) is 19.2 Å². The van der Waals surface area contributed by atoms with Crippen molar-refractivity contribution in [1.29, 1.82) is 0 Å². The molecule has 0 spiro atoms. The number of aromatic nitrogens is 4. The van der Waals surface area contributed by atoms with Crippen LogP contribution >= 0.6 is 0 Å². The van der Waals surface area contributed by atoms with Gasteiger partial charge in [0.25, 0.3) is 11.7 Å². The minimum Gasteiger partial charge on any atom is -0.480 e. The van der Waals surface area contributed by atoms with Gasteiger partial charge in [-0.1, -0.05) is 0 Å². The summed E-state index contributed by atoms with van der Waals surface area (Å²) in [6, 6.07) is 1.73. The highest BCUT2D eigenvalue weighted by molar-refractivity contribution is 5.92. The molecule has 2 heterocycles. The summed E-state index contributed by atoms with van der Waals surface area (Å²) in [6.45, 7) is 1.73. The van der Waals surface area contributed by atoms with E-state index in [0.29, 0.717) is 5.78 Å². The number of carbonyl (C=O) groups is 2. The monoisotopic (exact) mass is 293 g/mol. The number of rotatable bonds is 6. The number of aliphatic carboxylic acids is 1. The van der Waals surface area contributed by atoms with E-state index in [9.17, 15) is 9.59 Å². The van der Waals surface area contributed by atoms with Gasteiger partial charge >= 0.3 is 5.97 Å². The molecule has 0 saturated heterocycles. The zero-order valence-electron chi connectivity index (χ0n) is 11.7. The van der Waals surface area contributed by atoms with Crippen molar-refractivity contribution in [3.05, 3.63) is 23.8 Å². The number of carboxylic acid groups (broad SMARTS) is 1. The molecule has 1 amide bonds. The van der Waals surface area contributed by atoms with Crippen molar-refractivity contribution in [2.45, 2.75) is 6.92 Å². The van der Waals surface area contributed by atoms with Gasteiger partial charge in [-0.25, -0.2) is 9.50 Å². The topological polar surface area (TPSA) is 110 Å². The average Bonchev–Trinajstić information content (AvgIpc) is 2.88. The number of hydrogen-bond acceptors (Lipinski definition) is 6. The van der Waals surface area contributed by atoms with Gasteiger partial charge in [0.1, 0.15) is 6.54 Å². The van der Waals surface area contributed by atoms with Crippen molar-refractivity contribution in [1.82, 2.24) is 24.5 Å². The quantitative estimate of drug-likeness (QED) is 0.772. The van der Waals surface area contributed by atoms with Gasteiger partial charge in [0.2, 0.25) is 5.82 Å². The summed E-state index contributed by atoms with van der Waals surface area (Å²) in [5, 5.41) is 12.9. The molecule has 0 unspecified atom stereocenters. The van der Waals surface area contributed by atoms with Crippen LogP contribution in [0.25, 0.3) is 5.78 Å². The first-order chi connectivity index (χ1) is 10.0. The Morgan fingerprint density at radius 1 is 1.48 bits per heavy atom. The highest BCUT2D eigenvalue weighted by atomic mass is 16.5. The number of hydrogen-bond donors (Lipinski definition) is 1. The van der Waals surface area contributed by atoms with E-state index in [4.69, 9.17) is 9.84 Å². The summed E-state index contributed by atoms with van der Waals surface area (Å²) in [7, 11) is 1.47. The predicted molar refractivity (Wildman–Crippen MR) is 70.9 cm³/mol. The van der Waals surface area contributed by atoms with Crippen LogP contribution in [-0.2, 0) is 9.53 Å². The van der Waals surface area contributed by atoms with E-state index in [0.717, 1.165) is 10.6 Å². The molecule has 0 bridgehead atoms. The second-order valence-electron chi connectivity index (χ2n) is 4.35. The number of fused-ring (bicyclic) bond motifs is 1. The van der Waals surface area contributed by atoms with Crippen molar-refractivity contribution in [2.24, 2.45) is 0 Å². The average molecular weight is 293 g/mol. The molecule has 0 aliphatic carbocycles. The van der Waals surface area contributed by atoms with Gasteiger partial charge in [-0.15, -0.1) is 5.10 Å². The Balaban J connectivity index is 2.29. The molecule has 21 heavy (non-hydrogen) atoms. The van der Waals surface area contributed by atoms with Crippen LogP contribution < -0.4 is 0 Å². The van der Waals surface area contributed by atoms with Crippen LogP contribution in [-0.4, -0.2) is 68.3 Å². The Morgan fingerprint density at radius 2 is 2.24 bits per heavy atom. The Labute approximate surface area is 120 Å². The predicted octanol–water partition coefficient (Wildman–Crippen LogP) is -0.394. The Bertz CT molecular complexity index is 669. The molecular weight excluding hydrogens is 278 g/mol. The molecule has 9 nitrogen and oxygen atoms in total. The maximum absolute atomic E-state index is 12.3. The standard InChI is InChI=1S/C12H15N5O4/c1-8-3-4-13-12-14-10(15-17(8)12)11(20)16(5-6-21-2)7-9(18)19/h3-4H,5-7H2,1-2H3,(H,18,19). The van der Waals surface area contributed by atoms with Crippen LogP contribution in [0.2, 0.25) is 0 Å². The van der Waals surface area contributed by atoms with Crippen LogP contribution in [0.1, 0.15) is 16.3 Å². The molecule has 112 valence electrons. The number of carbonyl (C=O) groups excluding carboxylic acids is 1. The fourth-order valence-electron chi connectivity index (χ4n) is 1.76. The number of nitrogens with zero attached hydrogens (tertiary/aromatic N) is 5. The van der Waals surface area contributed by atoms with Crippen molar-refractivity contribution in [3.63, 3.8) is 0 Å². The zero-order chi connectivity index (χ0) is 15.4. The highest BCUT2D eigenvalue weighted by Gasteiger charge is 2.23. The molecule has 0 aliphatic rings. The van der Waals surface area contributed by atoms with Gasteiger partial charge < -0.3 is 14.7 Å². The van der Waals surface area contributed by atoms with Crippen LogP contribution in [0.15, 0.2) is 12.3 Å². The molecule has 2 aromatic heterocycles. The molecule has 2 rings (SSSR count). The number of amides is 1. The summed E-state index contributed by atoms with van der Waals surface area (Å²) in [6.07, 6.45) is 1.56. The van der Waals surface area contributed by atoms with E-state index in [-0.39, 0.29) is 19.0 Å². The van der Waals surface area contributed by atoms with E-state index in [2.05, 4.69) is 15.1 Å². The molecular formula is C12H15N5O4. The Kier molecular flexibility index (Phi) is 4.43. The lowest BCUT2D eigenvalue weighted by molar-refractivity contribution is -0.137. The molecule has 0 aliphatic heterocycles. The van der Waals surface area contributed by atoms with Gasteiger partial charge in [-0.3, -0.25) is 9.59 Å². The van der Waals surface area contributed by atoms with Crippen LogP contribution in [0, 0.1) is 6.92 Å². The van der Waals surface area contributed by atoms with Crippen molar-refractivity contribution >= 4 is 17.7 Å². The summed E-state index contributed by atoms with van der Waals surface area (Å²) >= 11 is 0. The van der Waals surface area contributed by atoms with E-state index in [1.807, 2.05) is 0 Å². The Morgan fingerprint density at radius 3 is 2.86 bits per heavy atom. The minimum atomic E-state index is -1.11. The van der Waals surface area contributed by atoms with Crippen LogP contribution in [0.5, 0.6) is 0 Å². The Hall–Kier alpha value is -2.55. The lowest BCUT2D eigenvalue weighted by atomic mass is 10.4. The normalized spacial score (nSPS) is 10.8. The minimum absolute atomic E-state index is 0.0887. The molecule has 0 radical (unpaired) electrons. The smallest absolute Gasteiger partial charge is 0.323 e. The molecule has 0 fully saturated rings. The first kappa shape index (κ1) is 14.9. The van der Waals surface area contributed by atoms with Gasteiger partial charge in [0.05, 0.1) is 6.61 Å². The van der Waals surface area contributed by atoms with Gasteiger partial charge in [-0.2, -0.15) is 4.98 Å². The second-order valence-corrected chi connectivity index (χ2v) is 4.35. The lowest BCUT2D eigenvalue weighted by Gasteiger charge is -2.18. The maximum Gasteiger partial charge on any atom is 0.323 e. The largest absolute Gasteiger partial charge is 0.480 e. The zero-order valence-corrected chi connectivity index (χ0v) is 11.7. The number of ether oxygens (including phenoxy) is 1. The molecule has 2 aromatic rings. The third-order valence-electron chi connectivity index (χ3n) is 2.80. The lowest BCUT2D eigenvalue weighted by Crippen LogP contribution is -2.38. The van der Waals surface area contributed by atoms with Gasteiger partial charge in [0, 0.05) is 25.5 Å². The summed E-state index contributed by atoms with van der Waals surface area (Å²) in [5.74, 6) is -1.48. The van der Waals surface area contributed by atoms with E-state index >= 15 is 0 Å². The van der Waals surface area contributed by atoms with Crippen LogP contribution in [0.3, 0.4) is 0 Å². The molecule has 0 aromatic carbocycles. The van der Waals surface area contributed by atoms with E-state index in [1.165, 1.54) is 11.6 Å². The first-order valence-electron chi connectivity index (χ1n) is 6.21. The number of carboxylic acids is 1. The molecule has 0 saturated carbocycles. The van der Waals surface area contributed by atoms with Gasteiger partial charge in [0.15, 0.2) is 0 Å².